The molecule has 21 heavy (non-hydrogen) atoms. The molecule has 0 aliphatic carbocycles. The summed E-state index contributed by atoms with van der Waals surface area (Å²) in [5, 5.41) is 10.8. The lowest BCUT2D eigenvalue weighted by Crippen LogP contribution is -1.98. The van der Waals surface area contributed by atoms with Crippen molar-refractivity contribution in [2.24, 2.45) is 0 Å². The SMILES string of the molecule is O=C(O)c1ccc(Oc2ccc3ccccc3c2)c(F)c1. The van der Waals surface area contributed by atoms with Gasteiger partial charge in [0.05, 0.1) is 5.56 Å². The number of halogens is 1. The summed E-state index contributed by atoms with van der Waals surface area (Å²) in [4.78, 5) is 10.8. The maximum absolute atomic E-state index is 13.8. The fourth-order valence-electron chi connectivity index (χ4n) is 2.07. The van der Waals surface area contributed by atoms with E-state index in [0.29, 0.717) is 5.75 Å². The molecule has 0 unspecified atom stereocenters. The third kappa shape index (κ3) is 2.69. The van der Waals surface area contributed by atoms with Crippen LogP contribution in [0.4, 0.5) is 4.39 Å². The van der Waals surface area contributed by atoms with Gasteiger partial charge in [0.2, 0.25) is 0 Å². The number of carboxylic acids is 1. The Kier molecular flexibility index (Phi) is 3.28. The van der Waals surface area contributed by atoms with E-state index in [4.69, 9.17) is 9.84 Å². The first-order valence-corrected chi connectivity index (χ1v) is 6.33. The van der Waals surface area contributed by atoms with Crippen LogP contribution in [0.15, 0.2) is 60.7 Å². The van der Waals surface area contributed by atoms with Gasteiger partial charge in [0.25, 0.3) is 0 Å². The second kappa shape index (κ2) is 5.25. The monoisotopic (exact) mass is 282 g/mol. The number of carboxylic acid groups (broad SMARTS) is 1. The molecule has 0 fully saturated rings. The molecule has 0 saturated heterocycles. The molecule has 3 nitrogen and oxygen atoms in total. The van der Waals surface area contributed by atoms with Gasteiger partial charge in [0, 0.05) is 0 Å². The first-order valence-electron chi connectivity index (χ1n) is 6.33. The lowest BCUT2D eigenvalue weighted by molar-refractivity contribution is 0.0696. The van der Waals surface area contributed by atoms with Crippen LogP contribution in [0.1, 0.15) is 10.4 Å². The van der Waals surface area contributed by atoms with Gasteiger partial charge < -0.3 is 9.84 Å². The Hall–Kier alpha value is -2.88. The van der Waals surface area contributed by atoms with Crippen molar-refractivity contribution >= 4 is 16.7 Å². The standard InChI is InChI=1S/C17H11FO3/c18-15-10-13(17(19)20)6-8-16(15)21-14-7-5-11-3-1-2-4-12(11)9-14/h1-10H,(H,19,20). The highest BCUT2D eigenvalue weighted by Gasteiger charge is 2.10. The van der Waals surface area contributed by atoms with Gasteiger partial charge in [-0.05, 0) is 41.1 Å². The Labute approximate surface area is 120 Å². The topological polar surface area (TPSA) is 46.5 Å². The third-order valence-electron chi connectivity index (χ3n) is 3.13. The highest BCUT2D eigenvalue weighted by Crippen LogP contribution is 2.28. The van der Waals surface area contributed by atoms with Crippen LogP contribution < -0.4 is 4.74 Å². The van der Waals surface area contributed by atoms with E-state index in [1.165, 1.54) is 12.1 Å². The summed E-state index contributed by atoms with van der Waals surface area (Å²) >= 11 is 0. The van der Waals surface area contributed by atoms with Crippen molar-refractivity contribution in [2.75, 3.05) is 0 Å². The molecule has 0 amide bonds. The maximum atomic E-state index is 13.8. The van der Waals surface area contributed by atoms with Crippen LogP contribution >= 0.6 is 0 Å². The number of ether oxygens (including phenoxy) is 1. The normalized spacial score (nSPS) is 10.5. The highest BCUT2D eigenvalue weighted by molar-refractivity contribution is 5.87. The van der Waals surface area contributed by atoms with E-state index < -0.39 is 11.8 Å². The molecule has 4 heteroatoms. The van der Waals surface area contributed by atoms with Crippen LogP contribution in [0.5, 0.6) is 11.5 Å². The fourth-order valence-corrected chi connectivity index (χ4v) is 2.07. The lowest BCUT2D eigenvalue weighted by atomic mass is 10.1. The second-order valence-electron chi connectivity index (χ2n) is 4.56. The van der Waals surface area contributed by atoms with Crippen LogP contribution in [-0.4, -0.2) is 11.1 Å². The molecule has 104 valence electrons. The molecule has 3 aromatic carbocycles. The average Bonchev–Trinajstić information content (AvgIpc) is 2.49. The van der Waals surface area contributed by atoms with Gasteiger partial charge in [-0.2, -0.15) is 0 Å². The quantitative estimate of drug-likeness (QED) is 0.771. The third-order valence-corrected chi connectivity index (χ3v) is 3.13. The van der Waals surface area contributed by atoms with Crippen molar-refractivity contribution < 1.29 is 19.0 Å². The summed E-state index contributed by atoms with van der Waals surface area (Å²) in [7, 11) is 0. The van der Waals surface area contributed by atoms with E-state index in [1.54, 1.807) is 12.1 Å². The molecule has 0 radical (unpaired) electrons. The summed E-state index contributed by atoms with van der Waals surface area (Å²) in [6.07, 6.45) is 0. The molecule has 0 heterocycles. The van der Waals surface area contributed by atoms with Crippen LogP contribution in [0.2, 0.25) is 0 Å². The molecule has 3 rings (SSSR count). The number of fused-ring (bicyclic) bond motifs is 1. The van der Waals surface area contributed by atoms with Crippen LogP contribution in [0, 0.1) is 5.82 Å². The maximum Gasteiger partial charge on any atom is 0.335 e. The molecule has 0 aliphatic heterocycles. The average molecular weight is 282 g/mol. The molecule has 0 spiro atoms. The van der Waals surface area contributed by atoms with Crippen LogP contribution in [0.25, 0.3) is 10.8 Å². The zero-order valence-corrected chi connectivity index (χ0v) is 10.9. The Morgan fingerprint density at radius 3 is 2.43 bits per heavy atom. The van der Waals surface area contributed by atoms with Gasteiger partial charge in [0.1, 0.15) is 5.75 Å². The van der Waals surface area contributed by atoms with Crippen molar-refractivity contribution in [3.8, 4) is 11.5 Å². The molecular formula is C17H11FO3. The molecule has 0 saturated carbocycles. The lowest BCUT2D eigenvalue weighted by Gasteiger charge is -2.08. The van der Waals surface area contributed by atoms with E-state index >= 15 is 0 Å². The minimum absolute atomic E-state index is 0.00437. The van der Waals surface area contributed by atoms with Crippen molar-refractivity contribution in [2.45, 2.75) is 0 Å². The van der Waals surface area contributed by atoms with Crippen molar-refractivity contribution in [1.29, 1.82) is 0 Å². The van der Waals surface area contributed by atoms with Gasteiger partial charge >= 0.3 is 5.97 Å². The first kappa shape index (κ1) is 13.1. The van der Waals surface area contributed by atoms with Crippen LogP contribution in [-0.2, 0) is 0 Å². The smallest absolute Gasteiger partial charge is 0.335 e. The van der Waals surface area contributed by atoms with Gasteiger partial charge in [-0.25, -0.2) is 9.18 Å². The van der Waals surface area contributed by atoms with E-state index in [9.17, 15) is 9.18 Å². The van der Waals surface area contributed by atoms with Gasteiger partial charge in [-0.15, -0.1) is 0 Å². The van der Waals surface area contributed by atoms with E-state index in [0.717, 1.165) is 16.8 Å². The first-order chi connectivity index (χ1) is 10.1. The Morgan fingerprint density at radius 2 is 1.71 bits per heavy atom. The largest absolute Gasteiger partial charge is 0.478 e. The number of hydrogen-bond donors (Lipinski definition) is 1. The zero-order chi connectivity index (χ0) is 14.8. The van der Waals surface area contributed by atoms with E-state index in [1.807, 2.05) is 30.3 Å². The Balaban J connectivity index is 1.93. The number of rotatable bonds is 3. The summed E-state index contributed by atoms with van der Waals surface area (Å²) in [5.41, 5.74) is -0.113. The Bertz CT molecular complexity index is 827. The predicted octanol–water partition coefficient (Wildman–Crippen LogP) is 4.47. The summed E-state index contributed by atoms with van der Waals surface area (Å²) in [6, 6.07) is 16.8. The molecule has 0 atom stereocenters. The second-order valence-corrected chi connectivity index (χ2v) is 4.56. The number of aromatic carboxylic acids is 1. The predicted molar refractivity (Wildman–Crippen MR) is 77.4 cm³/mol. The van der Waals surface area contributed by atoms with Gasteiger partial charge in [-0.1, -0.05) is 30.3 Å². The van der Waals surface area contributed by atoms with E-state index in [-0.39, 0.29) is 11.3 Å². The number of benzene rings is 3. The fraction of sp³-hybridized carbons (Fsp3) is 0. The number of hydrogen-bond acceptors (Lipinski definition) is 2. The molecule has 0 aliphatic rings. The highest BCUT2D eigenvalue weighted by atomic mass is 19.1. The number of carbonyl (C=O) groups is 1. The van der Waals surface area contributed by atoms with Crippen LogP contribution in [0.3, 0.4) is 0 Å². The summed E-state index contributed by atoms with van der Waals surface area (Å²) in [6.45, 7) is 0. The minimum atomic E-state index is -1.17. The van der Waals surface area contributed by atoms with Gasteiger partial charge in [0.15, 0.2) is 11.6 Å². The summed E-state index contributed by atoms with van der Waals surface area (Å²) in [5.74, 6) is -1.39. The van der Waals surface area contributed by atoms with Crippen molar-refractivity contribution in [3.63, 3.8) is 0 Å². The Morgan fingerprint density at radius 1 is 0.952 bits per heavy atom. The molecular weight excluding hydrogens is 271 g/mol. The molecule has 0 aromatic heterocycles. The molecule has 0 bridgehead atoms. The summed E-state index contributed by atoms with van der Waals surface area (Å²) < 4.78 is 19.3. The van der Waals surface area contributed by atoms with E-state index in [2.05, 4.69) is 0 Å². The zero-order valence-electron chi connectivity index (χ0n) is 10.9. The van der Waals surface area contributed by atoms with Crippen molar-refractivity contribution in [3.05, 3.63) is 72.0 Å². The van der Waals surface area contributed by atoms with Gasteiger partial charge in [-0.3, -0.25) is 0 Å². The molecule has 3 aromatic rings. The minimum Gasteiger partial charge on any atom is -0.478 e. The van der Waals surface area contributed by atoms with Crippen molar-refractivity contribution in [1.82, 2.24) is 0 Å². The molecule has 1 N–H and O–H groups in total.